The Hall–Kier alpha value is -3.48. The van der Waals surface area contributed by atoms with Crippen molar-refractivity contribution >= 4 is 17.5 Å². The average Bonchev–Trinajstić information content (AvgIpc) is 2.79. The molecule has 0 atom stereocenters. The number of benzene rings is 1. The van der Waals surface area contributed by atoms with Crippen molar-refractivity contribution in [3.05, 3.63) is 83.9 Å². The van der Waals surface area contributed by atoms with Gasteiger partial charge in [-0.2, -0.15) is 0 Å². The summed E-state index contributed by atoms with van der Waals surface area (Å²) in [5.74, 6) is 1.35. The fraction of sp³-hybridized carbons (Fsp3) is 0.227. The lowest BCUT2D eigenvalue weighted by molar-refractivity contribution is 0.0746. The van der Waals surface area contributed by atoms with Crippen molar-refractivity contribution in [1.29, 1.82) is 0 Å². The zero-order valence-corrected chi connectivity index (χ0v) is 16.0. The molecule has 4 rings (SSSR count). The molecule has 7 heteroatoms. The van der Waals surface area contributed by atoms with Gasteiger partial charge in [-0.3, -0.25) is 4.79 Å². The average molecular weight is 391 g/mol. The largest absolute Gasteiger partial charge is 0.366 e. The van der Waals surface area contributed by atoms with Crippen molar-refractivity contribution in [3.8, 4) is 0 Å². The fourth-order valence-corrected chi connectivity index (χ4v) is 3.28. The molecule has 0 unspecified atom stereocenters. The van der Waals surface area contributed by atoms with Crippen LogP contribution in [0.2, 0.25) is 0 Å². The van der Waals surface area contributed by atoms with Crippen LogP contribution in [-0.4, -0.2) is 47.0 Å². The monoisotopic (exact) mass is 391 g/mol. The summed E-state index contributed by atoms with van der Waals surface area (Å²) in [4.78, 5) is 25.5. The molecule has 0 saturated carbocycles. The minimum absolute atomic E-state index is 0.0109. The van der Waals surface area contributed by atoms with Crippen molar-refractivity contribution in [3.63, 3.8) is 0 Å². The quantitative estimate of drug-likeness (QED) is 0.724. The summed E-state index contributed by atoms with van der Waals surface area (Å²) < 4.78 is 13.0. The highest BCUT2D eigenvalue weighted by molar-refractivity contribution is 5.94. The van der Waals surface area contributed by atoms with Gasteiger partial charge in [0.25, 0.3) is 5.91 Å². The van der Waals surface area contributed by atoms with Gasteiger partial charge in [-0.25, -0.2) is 14.4 Å². The van der Waals surface area contributed by atoms with E-state index in [9.17, 15) is 9.18 Å². The second-order valence-corrected chi connectivity index (χ2v) is 6.88. The molecule has 0 bridgehead atoms. The topological polar surface area (TPSA) is 61.4 Å². The van der Waals surface area contributed by atoms with E-state index in [4.69, 9.17) is 0 Å². The van der Waals surface area contributed by atoms with Crippen LogP contribution in [-0.2, 0) is 6.54 Å². The highest BCUT2D eigenvalue weighted by Crippen LogP contribution is 2.15. The van der Waals surface area contributed by atoms with Crippen LogP contribution in [0.3, 0.4) is 0 Å². The Bertz CT molecular complexity index is 939. The summed E-state index contributed by atoms with van der Waals surface area (Å²) in [5.41, 5.74) is 1.53. The molecule has 0 spiro atoms. The van der Waals surface area contributed by atoms with E-state index in [-0.39, 0.29) is 11.7 Å². The first-order valence-electron chi connectivity index (χ1n) is 9.59. The first kappa shape index (κ1) is 18.9. The zero-order valence-electron chi connectivity index (χ0n) is 16.0. The van der Waals surface area contributed by atoms with Crippen LogP contribution in [0.25, 0.3) is 0 Å². The minimum Gasteiger partial charge on any atom is -0.366 e. The van der Waals surface area contributed by atoms with Gasteiger partial charge in [-0.15, -0.1) is 0 Å². The van der Waals surface area contributed by atoms with Gasteiger partial charge in [-0.1, -0.05) is 18.2 Å². The molecule has 3 heterocycles. The zero-order chi connectivity index (χ0) is 20.1. The van der Waals surface area contributed by atoms with Gasteiger partial charge < -0.3 is 15.1 Å². The van der Waals surface area contributed by atoms with E-state index in [2.05, 4.69) is 20.2 Å². The van der Waals surface area contributed by atoms with Gasteiger partial charge in [0.1, 0.15) is 17.5 Å². The lowest BCUT2D eigenvalue weighted by Crippen LogP contribution is -2.49. The summed E-state index contributed by atoms with van der Waals surface area (Å²) in [6, 6.07) is 15.7. The number of halogens is 1. The molecule has 1 aliphatic heterocycles. The van der Waals surface area contributed by atoms with Crippen LogP contribution < -0.4 is 10.2 Å². The number of carbonyl (C=O) groups excluding carboxylic acids is 1. The van der Waals surface area contributed by atoms with Crippen LogP contribution >= 0.6 is 0 Å². The highest BCUT2D eigenvalue weighted by atomic mass is 19.1. The number of carbonyl (C=O) groups is 1. The van der Waals surface area contributed by atoms with Crippen molar-refractivity contribution in [2.75, 3.05) is 36.4 Å². The number of pyridine rings is 2. The first-order chi connectivity index (χ1) is 14.2. The molecule has 1 aliphatic rings. The Morgan fingerprint density at radius 3 is 2.41 bits per heavy atom. The number of hydrogen-bond acceptors (Lipinski definition) is 5. The Kier molecular flexibility index (Phi) is 5.65. The third-order valence-electron chi connectivity index (χ3n) is 4.94. The molecule has 0 aliphatic carbocycles. The standard InChI is InChI=1S/C22H22FN5O/c23-19-7-4-17(5-8-19)15-25-20-9-6-18(16-26-20)22(29)28-13-11-27(12-14-28)21-3-1-2-10-24-21/h1-10,16H,11-15H2,(H,25,26). The van der Waals surface area contributed by atoms with Gasteiger partial charge in [0.2, 0.25) is 0 Å². The lowest BCUT2D eigenvalue weighted by Gasteiger charge is -2.35. The number of nitrogens with one attached hydrogen (secondary N) is 1. The van der Waals surface area contributed by atoms with Gasteiger partial charge in [0.05, 0.1) is 5.56 Å². The van der Waals surface area contributed by atoms with E-state index in [0.717, 1.165) is 24.5 Å². The van der Waals surface area contributed by atoms with E-state index in [0.29, 0.717) is 31.0 Å². The highest BCUT2D eigenvalue weighted by Gasteiger charge is 2.22. The third kappa shape index (κ3) is 4.68. The van der Waals surface area contributed by atoms with E-state index in [1.165, 1.54) is 12.1 Å². The predicted molar refractivity (Wildman–Crippen MR) is 110 cm³/mol. The molecule has 1 amide bonds. The maximum atomic E-state index is 13.0. The Morgan fingerprint density at radius 2 is 1.76 bits per heavy atom. The third-order valence-corrected chi connectivity index (χ3v) is 4.94. The summed E-state index contributed by atoms with van der Waals surface area (Å²) in [6.45, 7) is 3.36. The molecule has 2 aromatic heterocycles. The second kappa shape index (κ2) is 8.68. The number of aromatic nitrogens is 2. The van der Waals surface area contributed by atoms with Crippen molar-refractivity contribution in [2.45, 2.75) is 6.54 Å². The number of rotatable bonds is 5. The van der Waals surface area contributed by atoms with Gasteiger partial charge >= 0.3 is 0 Å². The van der Waals surface area contributed by atoms with Crippen LogP contribution in [0.4, 0.5) is 16.0 Å². The van der Waals surface area contributed by atoms with E-state index >= 15 is 0 Å². The number of nitrogens with zero attached hydrogens (tertiary/aromatic N) is 4. The number of hydrogen-bond donors (Lipinski definition) is 1. The van der Waals surface area contributed by atoms with Crippen LogP contribution in [0.5, 0.6) is 0 Å². The molecule has 1 fully saturated rings. The maximum absolute atomic E-state index is 13.0. The molecule has 1 N–H and O–H groups in total. The molecule has 148 valence electrons. The molecular formula is C22H22FN5O. The summed E-state index contributed by atoms with van der Waals surface area (Å²) in [5, 5.41) is 3.18. The van der Waals surface area contributed by atoms with Gasteiger partial charge in [0.15, 0.2) is 0 Å². The van der Waals surface area contributed by atoms with E-state index in [1.807, 2.05) is 23.1 Å². The molecule has 1 aromatic carbocycles. The second-order valence-electron chi connectivity index (χ2n) is 6.88. The normalized spacial score (nSPS) is 14.0. The van der Waals surface area contributed by atoms with Gasteiger partial charge in [0, 0.05) is 45.1 Å². The Morgan fingerprint density at radius 1 is 0.966 bits per heavy atom. The fourth-order valence-electron chi connectivity index (χ4n) is 3.28. The van der Waals surface area contributed by atoms with Gasteiger partial charge in [-0.05, 0) is 42.0 Å². The first-order valence-corrected chi connectivity index (χ1v) is 9.59. The molecular weight excluding hydrogens is 369 g/mol. The van der Waals surface area contributed by atoms with Crippen LogP contribution in [0.15, 0.2) is 67.0 Å². The smallest absolute Gasteiger partial charge is 0.255 e. The van der Waals surface area contributed by atoms with E-state index < -0.39 is 0 Å². The minimum atomic E-state index is -0.254. The van der Waals surface area contributed by atoms with Crippen molar-refractivity contribution in [1.82, 2.24) is 14.9 Å². The molecule has 0 radical (unpaired) electrons. The molecule has 29 heavy (non-hydrogen) atoms. The maximum Gasteiger partial charge on any atom is 0.255 e. The Labute approximate surface area is 169 Å². The number of amides is 1. The van der Waals surface area contributed by atoms with Crippen molar-refractivity contribution in [2.24, 2.45) is 0 Å². The van der Waals surface area contributed by atoms with Crippen molar-refractivity contribution < 1.29 is 9.18 Å². The Balaban J connectivity index is 1.31. The van der Waals surface area contributed by atoms with Crippen LogP contribution in [0, 0.1) is 5.82 Å². The number of anilines is 2. The molecule has 3 aromatic rings. The molecule has 6 nitrogen and oxygen atoms in total. The summed E-state index contributed by atoms with van der Waals surface area (Å²) in [6.07, 6.45) is 3.38. The SMILES string of the molecule is O=C(c1ccc(NCc2ccc(F)cc2)nc1)N1CCN(c2ccccn2)CC1. The predicted octanol–water partition coefficient (Wildman–Crippen LogP) is 3.19. The van der Waals surface area contributed by atoms with Crippen LogP contribution in [0.1, 0.15) is 15.9 Å². The molecule has 1 saturated heterocycles. The van der Waals surface area contributed by atoms with E-state index in [1.54, 1.807) is 36.7 Å². The summed E-state index contributed by atoms with van der Waals surface area (Å²) in [7, 11) is 0. The number of piperazine rings is 1. The lowest BCUT2D eigenvalue weighted by atomic mass is 10.2. The summed E-state index contributed by atoms with van der Waals surface area (Å²) >= 11 is 0.